The number of piperidine rings is 1. The van der Waals surface area contributed by atoms with E-state index >= 15 is 0 Å². The topological polar surface area (TPSA) is 46.0 Å². The van der Waals surface area contributed by atoms with Crippen molar-refractivity contribution in [1.82, 2.24) is 25.0 Å². The summed E-state index contributed by atoms with van der Waals surface area (Å²) in [6, 6.07) is 0.692. The van der Waals surface area contributed by atoms with E-state index in [9.17, 15) is 0 Å². The molecular weight excluding hydrogens is 250 g/mol. The largest absolute Gasteiger partial charge is 0.317 e. The molecule has 0 saturated carbocycles. The first kappa shape index (κ1) is 15.4. The second-order valence-corrected chi connectivity index (χ2v) is 5.98. The molecule has 0 aromatic carbocycles. The van der Waals surface area contributed by atoms with Gasteiger partial charge in [0.25, 0.3) is 0 Å². The van der Waals surface area contributed by atoms with E-state index in [1.807, 2.05) is 6.92 Å². The summed E-state index contributed by atoms with van der Waals surface area (Å²) >= 11 is 0. The van der Waals surface area contributed by atoms with E-state index < -0.39 is 0 Å². The molecular formula is C15H29N5. The van der Waals surface area contributed by atoms with Crippen LogP contribution in [0.2, 0.25) is 0 Å². The third-order valence-corrected chi connectivity index (χ3v) is 4.55. The molecule has 5 heteroatoms. The Bertz CT molecular complexity index is 414. The lowest BCUT2D eigenvalue weighted by atomic mass is 9.90. The summed E-state index contributed by atoms with van der Waals surface area (Å²) in [7, 11) is 2.05. The van der Waals surface area contributed by atoms with Gasteiger partial charge >= 0.3 is 0 Å². The minimum Gasteiger partial charge on any atom is -0.317 e. The van der Waals surface area contributed by atoms with Crippen LogP contribution in [0.1, 0.15) is 44.8 Å². The molecule has 0 amide bonds. The molecule has 1 aromatic heterocycles. The van der Waals surface area contributed by atoms with Crippen molar-refractivity contribution in [2.45, 2.75) is 52.6 Å². The fourth-order valence-corrected chi connectivity index (χ4v) is 3.05. The Hall–Kier alpha value is -0.940. The quantitative estimate of drug-likeness (QED) is 0.861. The molecule has 1 saturated heterocycles. The van der Waals surface area contributed by atoms with Gasteiger partial charge < -0.3 is 9.88 Å². The normalized spacial score (nSPS) is 24.2. The van der Waals surface area contributed by atoms with Gasteiger partial charge in [-0.1, -0.05) is 20.3 Å². The summed E-state index contributed by atoms with van der Waals surface area (Å²) in [5, 5.41) is 12.1. The van der Waals surface area contributed by atoms with Gasteiger partial charge in [0.15, 0.2) is 0 Å². The Morgan fingerprint density at radius 1 is 1.30 bits per heavy atom. The minimum absolute atomic E-state index is 0.692. The van der Waals surface area contributed by atoms with Gasteiger partial charge in [0.2, 0.25) is 0 Å². The van der Waals surface area contributed by atoms with Crippen molar-refractivity contribution in [2.24, 2.45) is 13.0 Å². The first-order valence-electron chi connectivity index (χ1n) is 7.96. The Kier molecular flexibility index (Phi) is 5.54. The van der Waals surface area contributed by atoms with Crippen molar-refractivity contribution in [2.75, 3.05) is 19.6 Å². The molecule has 1 fully saturated rings. The maximum atomic E-state index is 4.28. The van der Waals surface area contributed by atoms with E-state index in [1.54, 1.807) is 0 Å². The van der Waals surface area contributed by atoms with Crippen molar-refractivity contribution in [3.05, 3.63) is 11.6 Å². The second-order valence-electron chi connectivity index (χ2n) is 5.98. The molecule has 2 heterocycles. The molecule has 114 valence electrons. The van der Waals surface area contributed by atoms with Crippen LogP contribution in [0.4, 0.5) is 0 Å². The number of aromatic nitrogens is 3. The molecule has 1 aromatic rings. The van der Waals surface area contributed by atoms with Crippen LogP contribution in [0.5, 0.6) is 0 Å². The van der Waals surface area contributed by atoms with Crippen LogP contribution in [0.15, 0.2) is 0 Å². The average Bonchev–Trinajstić information content (AvgIpc) is 2.77. The van der Waals surface area contributed by atoms with Gasteiger partial charge in [0.1, 0.15) is 11.6 Å². The number of likely N-dealkylation sites (tertiary alicyclic amines) is 1. The Labute approximate surface area is 122 Å². The highest BCUT2D eigenvalue weighted by Crippen LogP contribution is 2.21. The zero-order valence-electron chi connectivity index (χ0n) is 13.4. The highest BCUT2D eigenvalue weighted by Gasteiger charge is 2.28. The molecule has 0 radical (unpaired) electrons. The fraction of sp³-hybridized carbons (Fsp3) is 0.867. The molecule has 0 spiro atoms. The zero-order valence-corrected chi connectivity index (χ0v) is 13.4. The van der Waals surface area contributed by atoms with Crippen LogP contribution in [-0.4, -0.2) is 45.3 Å². The molecule has 2 unspecified atom stereocenters. The van der Waals surface area contributed by atoms with Gasteiger partial charge in [0.05, 0.1) is 6.54 Å². The van der Waals surface area contributed by atoms with Crippen LogP contribution in [0, 0.1) is 12.8 Å². The van der Waals surface area contributed by atoms with Crippen molar-refractivity contribution in [1.29, 1.82) is 0 Å². The first-order chi connectivity index (χ1) is 9.65. The number of rotatable bonds is 6. The summed E-state index contributed by atoms with van der Waals surface area (Å²) in [6.45, 7) is 10.9. The lowest BCUT2D eigenvalue weighted by Crippen LogP contribution is -2.49. The van der Waals surface area contributed by atoms with Crippen molar-refractivity contribution >= 4 is 0 Å². The maximum absolute atomic E-state index is 4.28. The second kappa shape index (κ2) is 7.18. The summed E-state index contributed by atoms with van der Waals surface area (Å²) in [5.41, 5.74) is 0. The van der Waals surface area contributed by atoms with E-state index in [4.69, 9.17) is 0 Å². The lowest BCUT2D eigenvalue weighted by Gasteiger charge is -2.38. The predicted octanol–water partition coefficient (Wildman–Crippen LogP) is 1.72. The molecule has 5 nitrogen and oxygen atoms in total. The van der Waals surface area contributed by atoms with Gasteiger partial charge in [-0.3, -0.25) is 4.90 Å². The zero-order chi connectivity index (χ0) is 14.5. The van der Waals surface area contributed by atoms with Crippen molar-refractivity contribution < 1.29 is 0 Å². The van der Waals surface area contributed by atoms with Crippen LogP contribution in [0.25, 0.3) is 0 Å². The van der Waals surface area contributed by atoms with Crippen molar-refractivity contribution in [3.63, 3.8) is 0 Å². The average molecular weight is 279 g/mol. The Morgan fingerprint density at radius 3 is 2.70 bits per heavy atom. The van der Waals surface area contributed by atoms with Crippen LogP contribution in [0.3, 0.4) is 0 Å². The smallest absolute Gasteiger partial charge is 0.146 e. The van der Waals surface area contributed by atoms with Gasteiger partial charge in [-0.15, -0.1) is 10.2 Å². The molecule has 2 rings (SSSR count). The van der Waals surface area contributed by atoms with Gasteiger partial charge in [-0.05, 0) is 32.2 Å². The van der Waals surface area contributed by atoms with E-state index in [-0.39, 0.29) is 0 Å². The Morgan fingerprint density at radius 2 is 2.10 bits per heavy atom. The summed E-state index contributed by atoms with van der Waals surface area (Å²) < 4.78 is 2.10. The van der Waals surface area contributed by atoms with E-state index in [2.05, 4.69) is 45.9 Å². The molecule has 0 aliphatic carbocycles. The lowest BCUT2D eigenvalue weighted by molar-refractivity contribution is 0.125. The molecule has 20 heavy (non-hydrogen) atoms. The minimum atomic E-state index is 0.692. The fourth-order valence-electron chi connectivity index (χ4n) is 3.05. The molecule has 1 aliphatic rings. The molecule has 0 bridgehead atoms. The summed E-state index contributed by atoms with van der Waals surface area (Å²) in [4.78, 5) is 2.53. The third kappa shape index (κ3) is 3.58. The number of aryl methyl sites for hydroxylation is 1. The van der Waals surface area contributed by atoms with E-state index in [1.165, 1.54) is 25.8 Å². The predicted molar refractivity (Wildman–Crippen MR) is 81.5 cm³/mol. The number of hydrogen-bond acceptors (Lipinski definition) is 4. The highest BCUT2D eigenvalue weighted by atomic mass is 15.3. The van der Waals surface area contributed by atoms with Gasteiger partial charge in [-0.2, -0.15) is 0 Å². The maximum Gasteiger partial charge on any atom is 0.146 e. The summed E-state index contributed by atoms with van der Waals surface area (Å²) in [6.07, 6.45) is 3.71. The Balaban J connectivity index is 1.91. The van der Waals surface area contributed by atoms with E-state index in [0.717, 1.165) is 37.2 Å². The molecule has 1 N–H and O–H groups in total. The number of nitrogens with zero attached hydrogens (tertiary/aromatic N) is 4. The van der Waals surface area contributed by atoms with Crippen LogP contribution >= 0.6 is 0 Å². The SMILES string of the molecule is CCCNC1CCN(Cc2nnc(C)n2C)CC1CC. The first-order valence-corrected chi connectivity index (χ1v) is 7.96. The van der Waals surface area contributed by atoms with Crippen LogP contribution < -0.4 is 5.32 Å². The summed E-state index contributed by atoms with van der Waals surface area (Å²) in [5.74, 6) is 2.83. The molecule has 2 atom stereocenters. The standard InChI is InChI=1S/C15H29N5/c1-5-8-16-14-7-9-20(10-13(14)6-2)11-15-18-17-12(3)19(15)4/h13-14,16H,5-11H2,1-4H3. The van der Waals surface area contributed by atoms with Crippen LogP contribution in [-0.2, 0) is 13.6 Å². The van der Waals surface area contributed by atoms with Crippen molar-refractivity contribution in [3.8, 4) is 0 Å². The highest BCUT2D eigenvalue weighted by molar-refractivity contribution is 4.94. The number of nitrogens with one attached hydrogen (secondary N) is 1. The van der Waals surface area contributed by atoms with E-state index in [0.29, 0.717) is 6.04 Å². The monoisotopic (exact) mass is 279 g/mol. The van der Waals surface area contributed by atoms with Gasteiger partial charge in [0, 0.05) is 26.2 Å². The third-order valence-electron chi connectivity index (χ3n) is 4.55. The number of hydrogen-bond donors (Lipinski definition) is 1. The molecule has 1 aliphatic heterocycles. The van der Waals surface area contributed by atoms with Gasteiger partial charge in [-0.25, -0.2) is 0 Å².